The molecular formula is C16H28N2O3. The van der Waals surface area contributed by atoms with Crippen LogP contribution < -0.4 is 10.6 Å². The largest absolute Gasteiger partial charge is 0.444 e. The van der Waals surface area contributed by atoms with Crippen molar-refractivity contribution in [2.24, 2.45) is 11.8 Å². The third-order valence-corrected chi connectivity index (χ3v) is 4.64. The lowest BCUT2D eigenvalue weighted by Crippen LogP contribution is -2.73. The average Bonchev–Trinajstić information content (AvgIpc) is 3.18. The van der Waals surface area contributed by atoms with Crippen molar-refractivity contribution < 1.29 is 14.3 Å². The smallest absolute Gasteiger partial charge is 0.407 e. The Morgan fingerprint density at radius 2 is 2.00 bits per heavy atom. The van der Waals surface area contributed by atoms with Crippen LogP contribution in [0.2, 0.25) is 0 Å². The van der Waals surface area contributed by atoms with E-state index in [9.17, 15) is 4.79 Å². The van der Waals surface area contributed by atoms with E-state index in [0.717, 1.165) is 31.9 Å². The van der Waals surface area contributed by atoms with E-state index in [4.69, 9.17) is 9.47 Å². The minimum Gasteiger partial charge on any atom is -0.444 e. The summed E-state index contributed by atoms with van der Waals surface area (Å²) in [6.07, 6.45) is 4.83. The molecule has 4 unspecified atom stereocenters. The van der Waals surface area contributed by atoms with Gasteiger partial charge in [-0.3, -0.25) is 0 Å². The molecule has 0 aromatic heterocycles. The van der Waals surface area contributed by atoms with E-state index in [2.05, 4.69) is 10.6 Å². The van der Waals surface area contributed by atoms with E-state index >= 15 is 0 Å². The van der Waals surface area contributed by atoms with Crippen molar-refractivity contribution >= 4 is 6.09 Å². The van der Waals surface area contributed by atoms with Gasteiger partial charge in [0.05, 0.1) is 18.2 Å². The predicted molar refractivity (Wildman–Crippen MR) is 80.1 cm³/mol. The van der Waals surface area contributed by atoms with Crippen LogP contribution in [0.25, 0.3) is 0 Å². The lowest BCUT2D eigenvalue weighted by molar-refractivity contribution is -0.128. The van der Waals surface area contributed by atoms with Gasteiger partial charge in [0.2, 0.25) is 0 Å². The van der Waals surface area contributed by atoms with Crippen LogP contribution in [0.1, 0.15) is 46.5 Å². The van der Waals surface area contributed by atoms with Crippen molar-refractivity contribution in [1.29, 1.82) is 0 Å². The molecule has 2 N–H and O–H groups in total. The van der Waals surface area contributed by atoms with E-state index in [0.29, 0.717) is 5.92 Å². The van der Waals surface area contributed by atoms with Gasteiger partial charge in [-0.05, 0) is 58.9 Å². The molecule has 5 heteroatoms. The fourth-order valence-electron chi connectivity index (χ4n) is 3.41. The second-order valence-electron chi connectivity index (χ2n) is 7.69. The summed E-state index contributed by atoms with van der Waals surface area (Å²) < 4.78 is 11.3. The van der Waals surface area contributed by atoms with Gasteiger partial charge in [-0.15, -0.1) is 0 Å². The standard InChI is InChI=1S/C16H28N2O3/c1-16(2,3)21-15(19)18-12-11-5-4-8-20-14(11)13(12)17-9-10-6-7-10/h10-14,17H,4-9H2,1-3H3,(H,18,19). The Kier molecular flexibility index (Phi) is 4.14. The molecule has 1 saturated heterocycles. The Labute approximate surface area is 127 Å². The fourth-order valence-corrected chi connectivity index (χ4v) is 3.41. The molecule has 120 valence electrons. The summed E-state index contributed by atoms with van der Waals surface area (Å²) in [5.41, 5.74) is -0.451. The van der Waals surface area contributed by atoms with Gasteiger partial charge in [0.25, 0.3) is 0 Å². The first-order valence-electron chi connectivity index (χ1n) is 8.28. The van der Waals surface area contributed by atoms with E-state index < -0.39 is 5.60 Å². The number of rotatable bonds is 4. The zero-order valence-corrected chi connectivity index (χ0v) is 13.4. The van der Waals surface area contributed by atoms with Gasteiger partial charge in [-0.25, -0.2) is 4.79 Å². The van der Waals surface area contributed by atoms with Crippen LogP contribution in [-0.4, -0.2) is 43.0 Å². The first-order valence-corrected chi connectivity index (χ1v) is 8.28. The molecule has 1 amide bonds. The maximum absolute atomic E-state index is 12.0. The molecule has 3 rings (SSSR count). The Morgan fingerprint density at radius 3 is 2.67 bits per heavy atom. The summed E-state index contributed by atoms with van der Waals surface area (Å²) in [6, 6.07) is 0.382. The van der Waals surface area contributed by atoms with Gasteiger partial charge in [-0.1, -0.05) is 0 Å². The SMILES string of the molecule is CC(C)(C)OC(=O)NC1C2CCCOC2C1NCC1CC1. The first-order chi connectivity index (χ1) is 9.94. The number of nitrogens with one attached hydrogen (secondary N) is 2. The topological polar surface area (TPSA) is 59.6 Å². The van der Waals surface area contributed by atoms with Crippen LogP contribution in [-0.2, 0) is 9.47 Å². The summed E-state index contributed by atoms with van der Waals surface area (Å²) in [4.78, 5) is 12.0. The molecule has 5 nitrogen and oxygen atoms in total. The second-order valence-corrected chi connectivity index (χ2v) is 7.69. The van der Waals surface area contributed by atoms with Crippen LogP contribution in [0.4, 0.5) is 4.79 Å². The molecule has 0 aromatic rings. The van der Waals surface area contributed by atoms with Crippen molar-refractivity contribution in [1.82, 2.24) is 10.6 Å². The highest BCUT2D eigenvalue weighted by atomic mass is 16.6. The minimum atomic E-state index is -0.451. The van der Waals surface area contributed by atoms with E-state index in [1.54, 1.807) is 0 Å². The molecule has 3 fully saturated rings. The molecule has 0 bridgehead atoms. The van der Waals surface area contributed by atoms with Crippen molar-refractivity contribution in [3.05, 3.63) is 0 Å². The maximum Gasteiger partial charge on any atom is 0.407 e. The van der Waals surface area contributed by atoms with Gasteiger partial charge in [0.1, 0.15) is 5.60 Å². The predicted octanol–water partition coefficient (Wildman–Crippen LogP) is 2.06. The summed E-state index contributed by atoms with van der Waals surface area (Å²) in [5, 5.41) is 6.67. The molecule has 2 aliphatic carbocycles. The quantitative estimate of drug-likeness (QED) is 0.833. The maximum atomic E-state index is 12.0. The number of carbonyl (C=O) groups is 1. The summed E-state index contributed by atoms with van der Waals surface area (Å²) >= 11 is 0. The molecule has 1 heterocycles. The molecule has 0 radical (unpaired) electrons. The number of hydrogen-bond donors (Lipinski definition) is 2. The van der Waals surface area contributed by atoms with Gasteiger partial charge >= 0.3 is 6.09 Å². The Morgan fingerprint density at radius 1 is 1.24 bits per heavy atom. The van der Waals surface area contributed by atoms with E-state index in [-0.39, 0.29) is 24.3 Å². The monoisotopic (exact) mass is 296 g/mol. The minimum absolute atomic E-state index is 0.143. The van der Waals surface area contributed by atoms with Crippen LogP contribution in [0.15, 0.2) is 0 Å². The molecule has 2 saturated carbocycles. The summed E-state index contributed by atoms with van der Waals surface area (Å²) in [5.74, 6) is 1.26. The number of hydrogen-bond acceptors (Lipinski definition) is 4. The Hall–Kier alpha value is -0.810. The number of fused-ring (bicyclic) bond motifs is 1. The highest BCUT2D eigenvalue weighted by Crippen LogP contribution is 2.39. The van der Waals surface area contributed by atoms with Gasteiger partial charge < -0.3 is 20.1 Å². The molecule has 0 aromatic carbocycles. The molecule has 4 atom stereocenters. The van der Waals surface area contributed by atoms with Gasteiger partial charge in [-0.2, -0.15) is 0 Å². The van der Waals surface area contributed by atoms with E-state index in [1.807, 2.05) is 20.8 Å². The number of carbonyl (C=O) groups excluding carboxylic acids is 1. The lowest BCUT2D eigenvalue weighted by Gasteiger charge is -2.54. The average molecular weight is 296 g/mol. The highest BCUT2D eigenvalue weighted by Gasteiger charge is 2.53. The van der Waals surface area contributed by atoms with Crippen molar-refractivity contribution in [3.8, 4) is 0 Å². The zero-order valence-electron chi connectivity index (χ0n) is 13.4. The molecule has 0 spiro atoms. The normalized spacial score (nSPS) is 35.6. The second kappa shape index (κ2) is 5.76. The molecule has 21 heavy (non-hydrogen) atoms. The summed E-state index contributed by atoms with van der Waals surface area (Å²) in [6.45, 7) is 7.57. The highest BCUT2D eigenvalue weighted by molar-refractivity contribution is 5.68. The van der Waals surface area contributed by atoms with Crippen molar-refractivity contribution in [2.45, 2.75) is 70.2 Å². The molecule has 1 aliphatic heterocycles. The third-order valence-electron chi connectivity index (χ3n) is 4.64. The van der Waals surface area contributed by atoms with E-state index in [1.165, 1.54) is 12.8 Å². The lowest BCUT2D eigenvalue weighted by atomic mass is 9.68. The zero-order chi connectivity index (χ0) is 15.0. The van der Waals surface area contributed by atoms with Crippen LogP contribution in [0, 0.1) is 11.8 Å². The van der Waals surface area contributed by atoms with Gasteiger partial charge in [0.15, 0.2) is 0 Å². The molecular weight excluding hydrogens is 268 g/mol. The Balaban J connectivity index is 1.55. The molecule has 3 aliphatic rings. The first kappa shape index (κ1) is 15.1. The Bertz CT molecular complexity index is 389. The number of amides is 1. The van der Waals surface area contributed by atoms with Crippen molar-refractivity contribution in [2.75, 3.05) is 13.2 Å². The van der Waals surface area contributed by atoms with Crippen LogP contribution in [0.3, 0.4) is 0 Å². The van der Waals surface area contributed by atoms with Crippen LogP contribution in [0.5, 0.6) is 0 Å². The number of alkyl carbamates (subject to hydrolysis) is 1. The fraction of sp³-hybridized carbons (Fsp3) is 0.938. The van der Waals surface area contributed by atoms with Crippen molar-refractivity contribution in [3.63, 3.8) is 0 Å². The van der Waals surface area contributed by atoms with Gasteiger partial charge in [0, 0.05) is 12.5 Å². The van der Waals surface area contributed by atoms with Crippen LogP contribution >= 0.6 is 0 Å². The third kappa shape index (κ3) is 3.69. The number of ether oxygens (including phenoxy) is 2. The summed E-state index contributed by atoms with van der Waals surface area (Å²) in [7, 11) is 0.